The first-order valence-electron chi connectivity index (χ1n) is 7.64. The monoisotopic (exact) mass is 295 g/mol. The van der Waals surface area contributed by atoms with Crippen LogP contribution in [0.1, 0.15) is 52.7 Å². The predicted molar refractivity (Wildman–Crippen MR) is 83.3 cm³/mol. The lowest BCUT2D eigenvalue weighted by molar-refractivity contribution is 0.0913. The number of hydrogen-bond acceptors (Lipinski definition) is 3. The highest BCUT2D eigenvalue weighted by atomic mass is 32.1. The Labute approximate surface area is 125 Å². The average molecular weight is 295 g/mol. The Bertz CT molecular complexity index is 455. The Morgan fingerprint density at radius 1 is 1.40 bits per heavy atom. The lowest BCUT2D eigenvalue weighted by atomic mass is 9.79. The molecule has 1 amide bonds. The summed E-state index contributed by atoms with van der Waals surface area (Å²) >= 11 is 1.58. The van der Waals surface area contributed by atoms with E-state index in [0.717, 1.165) is 24.1 Å². The fourth-order valence-electron chi connectivity index (χ4n) is 3.09. The first-order chi connectivity index (χ1) is 9.65. The maximum absolute atomic E-state index is 12.2. The van der Waals surface area contributed by atoms with Crippen molar-refractivity contribution in [2.24, 2.45) is 11.8 Å². The molecule has 20 heavy (non-hydrogen) atoms. The third-order valence-corrected chi connectivity index (χ3v) is 5.54. The zero-order valence-corrected chi connectivity index (χ0v) is 13.3. The van der Waals surface area contributed by atoms with Gasteiger partial charge in [-0.2, -0.15) is 0 Å². The molecule has 0 radical (unpaired) electrons. The average Bonchev–Trinajstić information content (AvgIpc) is 2.86. The van der Waals surface area contributed by atoms with E-state index >= 15 is 0 Å². The van der Waals surface area contributed by atoms with Crippen LogP contribution in [-0.2, 0) is 6.42 Å². The van der Waals surface area contributed by atoms with E-state index in [1.807, 2.05) is 6.07 Å². The molecule has 2 unspecified atom stereocenters. The lowest BCUT2D eigenvalue weighted by Gasteiger charge is -2.30. The largest absolute Gasteiger partial charge is 0.396 e. The lowest BCUT2D eigenvalue weighted by Crippen LogP contribution is -2.35. The molecule has 0 aromatic carbocycles. The third-order valence-electron chi connectivity index (χ3n) is 4.45. The number of thiophene rings is 1. The molecule has 1 aliphatic carbocycles. The minimum atomic E-state index is 0.0417. The quantitative estimate of drug-likeness (QED) is 0.876. The molecule has 0 spiro atoms. The molecule has 4 heteroatoms. The normalized spacial score (nSPS) is 22.8. The molecule has 1 heterocycles. The highest BCUT2D eigenvalue weighted by molar-refractivity contribution is 7.14. The van der Waals surface area contributed by atoms with Gasteiger partial charge in [-0.1, -0.05) is 19.8 Å². The molecule has 1 saturated carbocycles. The zero-order valence-electron chi connectivity index (χ0n) is 12.4. The van der Waals surface area contributed by atoms with Gasteiger partial charge in [0.05, 0.1) is 4.88 Å². The molecular weight excluding hydrogens is 270 g/mol. The van der Waals surface area contributed by atoms with Crippen LogP contribution >= 0.6 is 11.3 Å². The van der Waals surface area contributed by atoms with Crippen molar-refractivity contribution in [3.8, 4) is 0 Å². The summed E-state index contributed by atoms with van der Waals surface area (Å²) in [6.07, 6.45) is 5.62. The number of carbonyl (C=O) groups excluding carboxylic acids is 1. The molecule has 1 aliphatic rings. The first-order valence-corrected chi connectivity index (χ1v) is 8.45. The third kappa shape index (κ3) is 3.61. The molecule has 2 rings (SSSR count). The van der Waals surface area contributed by atoms with Crippen molar-refractivity contribution in [2.45, 2.75) is 46.0 Å². The zero-order chi connectivity index (χ0) is 14.5. The van der Waals surface area contributed by atoms with Gasteiger partial charge in [0, 0.05) is 18.0 Å². The number of rotatable bonds is 5. The van der Waals surface area contributed by atoms with Gasteiger partial charge in [-0.3, -0.25) is 4.79 Å². The van der Waals surface area contributed by atoms with E-state index < -0.39 is 0 Å². The number of hydrogen-bond donors (Lipinski definition) is 2. The smallest absolute Gasteiger partial charge is 0.261 e. The van der Waals surface area contributed by atoms with Gasteiger partial charge in [0.2, 0.25) is 0 Å². The highest BCUT2D eigenvalue weighted by Crippen LogP contribution is 2.29. The van der Waals surface area contributed by atoms with Crippen LogP contribution < -0.4 is 5.32 Å². The van der Waals surface area contributed by atoms with E-state index in [4.69, 9.17) is 0 Å². The van der Waals surface area contributed by atoms with Crippen LogP contribution in [0.2, 0.25) is 0 Å². The number of amides is 1. The van der Waals surface area contributed by atoms with Crippen LogP contribution in [0.5, 0.6) is 0 Å². The molecule has 1 aromatic heterocycles. The van der Waals surface area contributed by atoms with Crippen LogP contribution in [-0.4, -0.2) is 24.2 Å². The van der Waals surface area contributed by atoms with E-state index in [0.29, 0.717) is 18.4 Å². The van der Waals surface area contributed by atoms with Crippen molar-refractivity contribution in [1.82, 2.24) is 5.32 Å². The minimum absolute atomic E-state index is 0.0417. The molecule has 3 nitrogen and oxygen atoms in total. The van der Waals surface area contributed by atoms with Crippen LogP contribution in [0.25, 0.3) is 0 Å². The summed E-state index contributed by atoms with van der Waals surface area (Å²) in [6, 6.07) is 2.01. The van der Waals surface area contributed by atoms with E-state index in [9.17, 15) is 9.90 Å². The number of aryl methyl sites for hydroxylation is 2. The van der Waals surface area contributed by atoms with Crippen LogP contribution in [0, 0.1) is 18.8 Å². The second-order valence-corrected chi connectivity index (χ2v) is 7.00. The second-order valence-electron chi connectivity index (χ2n) is 5.74. The molecule has 112 valence electrons. The summed E-state index contributed by atoms with van der Waals surface area (Å²) in [6.45, 7) is 5.13. The molecule has 0 bridgehead atoms. The Balaban J connectivity index is 1.90. The van der Waals surface area contributed by atoms with E-state index in [1.165, 1.54) is 23.3 Å². The summed E-state index contributed by atoms with van der Waals surface area (Å²) in [5, 5.41) is 12.5. The standard InChI is InChI=1S/C16H25NO2S/c1-3-12-8-15(20-11(12)2)16(19)17-9-13-6-4-5-7-14(13)10-18/h8,13-14,18H,3-7,9-10H2,1-2H3,(H,17,19). The number of nitrogens with one attached hydrogen (secondary N) is 1. The highest BCUT2D eigenvalue weighted by Gasteiger charge is 2.25. The van der Waals surface area contributed by atoms with Crippen molar-refractivity contribution >= 4 is 17.2 Å². The van der Waals surface area contributed by atoms with E-state index in [2.05, 4.69) is 19.2 Å². The topological polar surface area (TPSA) is 49.3 Å². The summed E-state index contributed by atoms with van der Waals surface area (Å²) in [5.74, 6) is 0.838. The van der Waals surface area contributed by atoms with Gasteiger partial charge in [-0.15, -0.1) is 11.3 Å². The SMILES string of the molecule is CCc1cc(C(=O)NCC2CCCCC2CO)sc1C. The minimum Gasteiger partial charge on any atom is -0.396 e. The van der Waals surface area contributed by atoms with Crippen LogP contribution in [0.3, 0.4) is 0 Å². The summed E-state index contributed by atoms with van der Waals surface area (Å²) in [4.78, 5) is 14.3. The first kappa shape index (κ1) is 15.5. The number of carbonyl (C=O) groups is 1. The van der Waals surface area contributed by atoms with Crippen molar-refractivity contribution in [2.75, 3.05) is 13.2 Å². The van der Waals surface area contributed by atoms with Crippen molar-refractivity contribution in [1.29, 1.82) is 0 Å². The molecular formula is C16H25NO2S. The number of aliphatic hydroxyl groups excluding tert-OH is 1. The van der Waals surface area contributed by atoms with Gasteiger partial charge in [-0.05, 0) is 49.7 Å². The maximum Gasteiger partial charge on any atom is 0.261 e. The van der Waals surface area contributed by atoms with E-state index in [1.54, 1.807) is 11.3 Å². The Morgan fingerprint density at radius 2 is 2.10 bits per heavy atom. The summed E-state index contributed by atoms with van der Waals surface area (Å²) in [7, 11) is 0. The number of aliphatic hydroxyl groups is 1. The molecule has 0 saturated heterocycles. The van der Waals surface area contributed by atoms with Crippen LogP contribution in [0.15, 0.2) is 6.07 Å². The Kier molecular flexibility index (Phi) is 5.61. The van der Waals surface area contributed by atoms with E-state index in [-0.39, 0.29) is 12.5 Å². The van der Waals surface area contributed by atoms with Gasteiger partial charge in [0.1, 0.15) is 0 Å². The molecule has 0 aliphatic heterocycles. The fourth-order valence-corrected chi connectivity index (χ4v) is 4.12. The Morgan fingerprint density at radius 3 is 2.70 bits per heavy atom. The van der Waals surface area contributed by atoms with Gasteiger partial charge in [0.15, 0.2) is 0 Å². The summed E-state index contributed by atoms with van der Waals surface area (Å²) < 4.78 is 0. The second kappa shape index (κ2) is 7.23. The fraction of sp³-hybridized carbons (Fsp3) is 0.688. The van der Waals surface area contributed by atoms with Gasteiger partial charge < -0.3 is 10.4 Å². The van der Waals surface area contributed by atoms with Crippen molar-refractivity contribution < 1.29 is 9.90 Å². The summed E-state index contributed by atoms with van der Waals surface area (Å²) in [5.41, 5.74) is 1.27. The molecule has 1 fully saturated rings. The Hall–Kier alpha value is -0.870. The molecule has 2 N–H and O–H groups in total. The molecule has 1 aromatic rings. The van der Waals surface area contributed by atoms with Crippen LogP contribution in [0.4, 0.5) is 0 Å². The van der Waals surface area contributed by atoms with Gasteiger partial charge in [-0.25, -0.2) is 0 Å². The molecule has 2 atom stereocenters. The van der Waals surface area contributed by atoms with Gasteiger partial charge in [0.25, 0.3) is 5.91 Å². The van der Waals surface area contributed by atoms with Crippen molar-refractivity contribution in [3.63, 3.8) is 0 Å². The maximum atomic E-state index is 12.2. The van der Waals surface area contributed by atoms with Crippen molar-refractivity contribution in [3.05, 3.63) is 21.4 Å². The predicted octanol–water partition coefficient (Wildman–Crippen LogP) is 3.15. The van der Waals surface area contributed by atoms with Gasteiger partial charge >= 0.3 is 0 Å².